The summed E-state index contributed by atoms with van der Waals surface area (Å²) in [6.45, 7) is 11.9. The zero-order chi connectivity index (χ0) is 10.5. The van der Waals surface area contributed by atoms with Crippen molar-refractivity contribution in [3.63, 3.8) is 0 Å². The van der Waals surface area contributed by atoms with Crippen LogP contribution in [0.5, 0.6) is 0 Å². The third kappa shape index (κ3) is 7.53. The van der Waals surface area contributed by atoms with E-state index in [2.05, 4.69) is 16.9 Å². The van der Waals surface area contributed by atoms with E-state index in [0.29, 0.717) is 5.82 Å². The molecule has 2 N–H and O–H groups in total. The summed E-state index contributed by atoms with van der Waals surface area (Å²) in [5, 5.41) is 11.9. The van der Waals surface area contributed by atoms with Crippen molar-refractivity contribution < 1.29 is 5.11 Å². The van der Waals surface area contributed by atoms with E-state index in [0.717, 1.165) is 0 Å². The number of aliphatic hydroxyl groups excluding tert-OH is 1. The number of nitrogens with zero attached hydrogens (tertiary/aromatic N) is 1. The van der Waals surface area contributed by atoms with Gasteiger partial charge in [-0.1, -0.05) is 13.5 Å². The molecule has 0 aromatic rings. The second kappa shape index (κ2) is 5.02. The number of aliphatic imine (C=N–C) groups is 1. The quantitative estimate of drug-likeness (QED) is 0.651. The van der Waals surface area contributed by atoms with Crippen LogP contribution in [0.3, 0.4) is 0 Å². The van der Waals surface area contributed by atoms with Gasteiger partial charge in [0, 0.05) is 17.7 Å². The van der Waals surface area contributed by atoms with Gasteiger partial charge in [0.25, 0.3) is 0 Å². The summed E-state index contributed by atoms with van der Waals surface area (Å²) >= 11 is 0. The third-order valence-electron chi connectivity index (χ3n) is 1.29. The van der Waals surface area contributed by atoms with Crippen LogP contribution in [0.15, 0.2) is 17.4 Å². The van der Waals surface area contributed by atoms with Crippen molar-refractivity contribution in [1.29, 1.82) is 0 Å². The Labute approximate surface area is 80.6 Å². The normalized spacial score (nSPS) is 14.5. The Morgan fingerprint density at radius 1 is 1.62 bits per heavy atom. The number of aliphatic hydroxyl groups is 1. The fraction of sp³-hybridized carbons (Fsp3) is 0.700. The molecule has 0 radical (unpaired) electrons. The summed E-state index contributed by atoms with van der Waals surface area (Å²) in [6, 6.07) is 0. The average Bonchev–Trinajstić information content (AvgIpc) is 1.97. The van der Waals surface area contributed by atoms with Crippen LogP contribution in [-0.4, -0.2) is 23.5 Å². The van der Waals surface area contributed by atoms with Crippen LogP contribution in [0.4, 0.5) is 0 Å². The Bertz CT molecular complexity index is 192. The lowest BCUT2D eigenvalue weighted by Crippen LogP contribution is -2.34. The lowest BCUT2D eigenvalue weighted by atomic mass is 10.1. The molecule has 0 bridgehead atoms. The Hall–Kier alpha value is -0.830. The molecule has 0 aromatic heterocycles. The smallest absolute Gasteiger partial charge is 0.118 e. The average molecular weight is 184 g/mol. The molecule has 76 valence electrons. The highest BCUT2D eigenvalue weighted by Crippen LogP contribution is 2.02. The van der Waals surface area contributed by atoms with Gasteiger partial charge in [-0.15, -0.1) is 0 Å². The molecule has 3 heteroatoms. The summed E-state index contributed by atoms with van der Waals surface area (Å²) < 4.78 is 0. The predicted octanol–water partition coefficient (Wildman–Crippen LogP) is 1.54. The first kappa shape index (κ1) is 12.2. The molecule has 1 atom stereocenters. The highest BCUT2D eigenvalue weighted by atomic mass is 16.3. The fourth-order valence-electron chi connectivity index (χ4n) is 0.729. The molecular weight excluding hydrogens is 164 g/mol. The minimum Gasteiger partial charge on any atom is -0.396 e. The van der Waals surface area contributed by atoms with Crippen molar-refractivity contribution in [2.75, 3.05) is 6.61 Å². The summed E-state index contributed by atoms with van der Waals surface area (Å²) in [5.41, 5.74) is -0.0170. The lowest BCUT2D eigenvalue weighted by molar-refractivity contribution is 0.272. The second-order valence-electron chi connectivity index (χ2n) is 4.26. The summed E-state index contributed by atoms with van der Waals surface area (Å²) in [4.78, 5) is 4.09. The zero-order valence-corrected chi connectivity index (χ0v) is 8.96. The number of rotatable bonds is 4. The number of nitrogens with one attached hydrogen (secondary N) is 1. The summed E-state index contributed by atoms with van der Waals surface area (Å²) in [5.74, 6) is 0.714. The minimum absolute atomic E-state index is 0.0170. The maximum Gasteiger partial charge on any atom is 0.118 e. The van der Waals surface area contributed by atoms with Gasteiger partial charge in [-0.2, -0.15) is 0 Å². The molecule has 0 saturated heterocycles. The third-order valence-corrected chi connectivity index (χ3v) is 1.29. The Kier molecular flexibility index (Phi) is 4.70. The van der Waals surface area contributed by atoms with Crippen molar-refractivity contribution in [1.82, 2.24) is 5.32 Å². The van der Waals surface area contributed by atoms with Gasteiger partial charge in [0.1, 0.15) is 5.82 Å². The van der Waals surface area contributed by atoms with Crippen molar-refractivity contribution in [2.24, 2.45) is 10.9 Å². The van der Waals surface area contributed by atoms with Crippen LogP contribution < -0.4 is 5.32 Å². The van der Waals surface area contributed by atoms with E-state index in [1.807, 2.05) is 27.7 Å². The van der Waals surface area contributed by atoms with Gasteiger partial charge in [0.15, 0.2) is 0 Å². The topological polar surface area (TPSA) is 44.6 Å². The Morgan fingerprint density at radius 2 is 2.15 bits per heavy atom. The van der Waals surface area contributed by atoms with Crippen LogP contribution in [0.25, 0.3) is 0 Å². The number of hydrogen-bond donors (Lipinski definition) is 2. The van der Waals surface area contributed by atoms with Gasteiger partial charge in [-0.05, 0) is 20.8 Å². The summed E-state index contributed by atoms with van der Waals surface area (Å²) in [7, 11) is 0. The first-order valence-corrected chi connectivity index (χ1v) is 4.47. The molecule has 0 rings (SSSR count). The summed E-state index contributed by atoms with van der Waals surface area (Å²) in [6.07, 6.45) is 1.70. The molecule has 0 saturated carbocycles. The molecule has 0 amide bonds. The van der Waals surface area contributed by atoms with E-state index < -0.39 is 0 Å². The molecule has 0 heterocycles. The molecule has 0 spiro atoms. The molecule has 0 aliphatic heterocycles. The van der Waals surface area contributed by atoms with E-state index in [1.165, 1.54) is 0 Å². The van der Waals surface area contributed by atoms with Crippen molar-refractivity contribution in [3.05, 3.63) is 12.4 Å². The van der Waals surface area contributed by atoms with Gasteiger partial charge in [0.2, 0.25) is 0 Å². The van der Waals surface area contributed by atoms with Crippen molar-refractivity contribution in [2.45, 2.75) is 33.2 Å². The zero-order valence-electron chi connectivity index (χ0n) is 8.96. The Morgan fingerprint density at radius 3 is 2.54 bits per heavy atom. The van der Waals surface area contributed by atoms with E-state index in [4.69, 9.17) is 5.11 Å². The first-order valence-electron chi connectivity index (χ1n) is 4.47. The van der Waals surface area contributed by atoms with Crippen LogP contribution in [-0.2, 0) is 0 Å². The van der Waals surface area contributed by atoms with Crippen LogP contribution >= 0.6 is 0 Å². The molecule has 13 heavy (non-hydrogen) atoms. The van der Waals surface area contributed by atoms with Crippen LogP contribution in [0, 0.1) is 5.92 Å². The van der Waals surface area contributed by atoms with Gasteiger partial charge >= 0.3 is 0 Å². The monoisotopic (exact) mass is 184 g/mol. The highest BCUT2D eigenvalue weighted by molar-refractivity contribution is 5.61. The second-order valence-corrected chi connectivity index (χ2v) is 4.26. The minimum atomic E-state index is -0.0170. The molecule has 3 nitrogen and oxygen atoms in total. The van der Waals surface area contributed by atoms with Gasteiger partial charge < -0.3 is 10.4 Å². The maximum absolute atomic E-state index is 8.74. The molecule has 0 aliphatic rings. The molecule has 1 unspecified atom stereocenters. The maximum atomic E-state index is 8.74. The van der Waals surface area contributed by atoms with Gasteiger partial charge in [-0.3, -0.25) is 0 Å². The molecule has 0 fully saturated rings. The lowest BCUT2D eigenvalue weighted by Gasteiger charge is -2.21. The fourth-order valence-corrected chi connectivity index (χ4v) is 0.729. The van der Waals surface area contributed by atoms with Crippen LogP contribution in [0.1, 0.15) is 27.7 Å². The number of hydrogen-bond acceptors (Lipinski definition) is 3. The Balaban J connectivity index is 3.95. The predicted molar refractivity (Wildman–Crippen MR) is 56.8 cm³/mol. The van der Waals surface area contributed by atoms with E-state index in [9.17, 15) is 0 Å². The highest BCUT2D eigenvalue weighted by Gasteiger charge is 2.08. The molecule has 0 aromatic carbocycles. The molecular formula is C10H20N2O. The standard InChI is InChI=1S/C10H20N2O/c1-8(7-13)6-11-9(2)12-10(3,4)5/h6,8,12-13H,2,7H2,1,3-5H3. The van der Waals surface area contributed by atoms with Crippen molar-refractivity contribution >= 4 is 6.21 Å². The van der Waals surface area contributed by atoms with E-state index in [1.54, 1.807) is 6.21 Å². The van der Waals surface area contributed by atoms with E-state index >= 15 is 0 Å². The SMILES string of the molecule is C=C(N=CC(C)CO)NC(C)(C)C. The van der Waals surface area contributed by atoms with Crippen LogP contribution in [0.2, 0.25) is 0 Å². The molecule has 0 aliphatic carbocycles. The van der Waals surface area contributed by atoms with Crippen molar-refractivity contribution in [3.8, 4) is 0 Å². The van der Waals surface area contributed by atoms with Gasteiger partial charge in [-0.25, -0.2) is 4.99 Å². The van der Waals surface area contributed by atoms with E-state index in [-0.39, 0.29) is 18.1 Å². The largest absolute Gasteiger partial charge is 0.396 e. The van der Waals surface area contributed by atoms with Gasteiger partial charge in [0.05, 0.1) is 6.61 Å². The first-order chi connectivity index (χ1) is 5.85.